The molecule has 1 atom stereocenters. The van der Waals surface area contributed by atoms with Gasteiger partial charge < -0.3 is 14.4 Å². The van der Waals surface area contributed by atoms with E-state index in [1.165, 1.54) is 0 Å². The van der Waals surface area contributed by atoms with Gasteiger partial charge in [0.2, 0.25) is 6.29 Å². The van der Waals surface area contributed by atoms with Crippen molar-refractivity contribution >= 4 is 11.0 Å². The number of aliphatic hydroxyl groups excluding tert-OH is 1. The molecule has 19 heavy (non-hydrogen) atoms. The van der Waals surface area contributed by atoms with Crippen molar-refractivity contribution < 1.29 is 9.84 Å². The summed E-state index contributed by atoms with van der Waals surface area (Å²) < 4.78 is 7.32. The van der Waals surface area contributed by atoms with Gasteiger partial charge in [0.25, 0.3) is 0 Å². The lowest BCUT2D eigenvalue weighted by Gasteiger charge is -2.14. The maximum atomic E-state index is 9.96. The van der Waals surface area contributed by atoms with Gasteiger partial charge >= 0.3 is 0 Å². The molecule has 0 spiro atoms. The van der Waals surface area contributed by atoms with Gasteiger partial charge in [0.05, 0.1) is 23.9 Å². The Labute approximate surface area is 110 Å². The molecule has 0 aliphatic rings. The van der Waals surface area contributed by atoms with Crippen LogP contribution in [0.15, 0.2) is 60.9 Å². The highest BCUT2D eigenvalue weighted by molar-refractivity contribution is 5.74. The van der Waals surface area contributed by atoms with E-state index in [1.54, 1.807) is 6.33 Å². The van der Waals surface area contributed by atoms with Crippen LogP contribution in [0.3, 0.4) is 0 Å². The lowest BCUT2D eigenvalue weighted by atomic mass is 10.3. The molecule has 0 aliphatic heterocycles. The topological polar surface area (TPSA) is 47.3 Å². The summed E-state index contributed by atoms with van der Waals surface area (Å²) in [6.07, 6.45) is 0.808. The largest absolute Gasteiger partial charge is 0.463 e. The van der Waals surface area contributed by atoms with Crippen LogP contribution in [0.2, 0.25) is 0 Å². The minimum Gasteiger partial charge on any atom is -0.463 e. The Hall–Kier alpha value is -2.33. The molecule has 0 amide bonds. The molecular formula is C15H14N2O2. The van der Waals surface area contributed by atoms with Gasteiger partial charge in [-0.3, -0.25) is 0 Å². The van der Waals surface area contributed by atoms with Gasteiger partial charge in [0.1, 0.15) is 5.75 Å². The van der Waals surface area contributed by atoms with Gasteiger partial charge in [-0.1, -0.05) is 30.3 Å². The zero-order valence-corrected chi connectivity index (χ0v) is 10.3. The van der Waals surface area contributed by atoms with Gasteiger partial charge in [0.15, 0.2) is 0 Å². The van der Waals surface area contributed by atoms with Gasteiger partial charge in [-0.15, -0.1) is 0 Å². The summed E-state index contributed by atoms with van der Waals surface area (Å²) in [5.41, 5.74) is 1.90. The SMILES string of the molecule is O[C@@H](Cn1cnc2ccccc21)Oc1ccccc1. The normalized spacial score (nSPS) is 12.5. The summed E-state index contributed by atoms with van der Waals surface area (Å²) in [5.74, 6) is 0.652. The lowest BCUT2D eigenvalue weighted by molar-refractivity contribution is -0.0286. The molecule has 3 rings (SSSR count). The Kier molecular flexibility index (Phi) is 3.16. The van der Waals surface area contributed by atoms with Crippen LogP contribution in [-0.2, 0) is 6.54 Å². The summed E-state index contributed by atoms with van der Waals surface area (Å²) >= 11 is 0. The highest BCUT2D eigenvalue weighted by Gasteiger charge is 2.09. The Balaban J connectivity index is 1.74. The first-order valence-corrected chi connectivity index (χ1v) is 6.12. The molecule has 0 saturated carbocycles. The van der Waals surface area contributed by atoms with E-state index in [0.717, 1.165) is 11.0 Å². The number of benzene rings is 2. The van der Waals surface area contributed by atoms with E-state index in [0.29, 0.717) is 12.3 Å². The summed E-state index contributed by atoms with van der Waals surface area (Å²) in [7, 11) is 0. The monoisotopic (exact) mass is 254 g/mol. The number of hydrogen-bond donors (Lipinski definition) is 1. The van der Waals surface area contributed by atoms with Gasteiger partial charge in [-0.2, -0.15) is 0 Å². The van der Waals surface area contributed by atoms with E-state index in [2.05, 4.69) is 4.98 Å². The molecule has 0 bridgehead atoms. The molecule has 4 heteroatoms. The fraction of sp³-hybridized carbons (Fsp3) is 0.133. The van der Waals surface area contributed by atoms with Crippen LogP contribution in [-0.4, -0.2) is 20.9 Å². The Bertz CT molecular complexity index is 664. The third-order valence-electron chi connectivity index (χ3n) is 2.90. The van der Waals surface area contributed by atoms with E-state index in [9.17, 15) is 5.11 Å². The second kappa shape index (κ2) is 5.12. The summed E-state index contributed by atoms with van der Waals surface area (Å²) in [6, 6.07) is 17.1. The molecule has 2 aromatic carbocycles. The quantitative estimate of drug-likeness (QED) is 0.727. The number of aromatic nitrogens is 2. The van der Waals surface area contributed by atoms with Gasteiger partial charge in [0, 0.05) is 0 Å². The average Bonchev–Trinajstić information content (AvgIpc) is 2.83. The van der Waals surface area contributed by atoms with Gasteiger partial charge in [-0.25, -0.2) is 4.98 Å². The van der Waals surface area contributed by atoms with Crippen molar-refractivity contribution in [3.8, 4) is 5.75 Å². The number of imidazole rings is 1. The first kappa shape index (κ1) is 11.7. The van der Waals surface area contributed by atoms with Crippen LogP contribution in [0, 0.1) is 0 Å². The van der Waals surface area contributed by atoms with Crippen molar-refractivity contribution in [2.45, 2.75) is 12.8 Å². The van der Waals surface area contributed by atoms with Crippen LogP contribution < -0.4 is 4.74 Å². The summed E-state index contributed by atoms with van der Waals surface area (Å²) in [5, 5.41) is 9.96. The standard InChI is InChI=1S/C15H14N2O2/c18-15(19-12-6-2-1-3-7-12)10-17-11-16-13-8-4-5-9-14(13)17/h1-9,11,15,18H,10H2/t15-/m1/s1. The molecule has 0 unspecified atom stereocenters. The minimum atomic E-state index is -0.903. The Morgan fingerprint density at radius 1 is 1.05 bits per heavy atom. The molecule has 1 heterocycles. The van der Waals surface area contributed by atoms with Crippen molar-refractivity contribution in [3.63, 3.8) is 0 Å². The molecule has 0 saturated heterocycles. The molecule has 96 valence electrons. The smallest absolute Gasteiger partial charge is 0.215 e. The fourth-order valence-electron chi connectivity index (χ4n) is 2.02. The molecule has 4 nitrogen and oxygen atoms in total. The first-order chi connectivity index (χ1) is 9.33. The lowest BCUT2D eigenvalue weighted by Crippen LogP contribution is -2.22. The second-order valence-electron chi connectivity index (χ2n) is 4.27. The maximum Gasteiger partial charge on any atom is 0.215 e. The molecule has 3 aromatic rings. The number of aliphatic hydroxyl groups is 1. The number of nitrogens with zero attached hydrogens (tertiary/aromatic N) is 2. The van der Waals surface area contributed by atoms with Crippen LogP contribution in [0.5, 0.6) is 5.75 Å². The highest BCUT2D eigenvalue weighted by Crippen LogP contribution is 2.14. The Morgan fingerprint density at radius 2 is 1.79 bits per heavy atom. The minimum absolute atomic E-state index is 0.343. The van der Waals surface area contributed by atoms with E-state index in [1.807, 2.05) is 59.2 Å². The fourth-order valence-corrected chi connectivity index (χ4v) is 2.02. The van der Waals surface area contributed by atoms with Crippen molar-refractivity contribution in [2.75, 3.05) is 0 Å². The number of hydrogen-bond acceptors (Lipinski definition) is 3. The predicted molar refractivity (Wildman–Crippen MR) is 72.8 cm³/mol. The first-order valence-electron chi connectivity index (χ1n) is 6.12. The van der Waals surface area contributed by atoms with Crippen molar-refractivity contribution in [2.24, 2.45) is 0 Å². The highest BCUT2D eigenvalue weighted by atomic mass is 16.6. The number of fused-ring (bicyclic) bond motifs is 1. The Morgan fingerprint density at radius 3 is 2.63 bits per heavy atom. The average molecular weight is 254 g/mol. The van der Waals surface area contributed by atoms with E-state index < -0.39 is 6.29 Å². The number of rotatable bonds is 4. The van der Waals surface area contributed by atoms with Crippen LogP contribution in [0.25, 0.3) is 11.0 Å². The molecule has 1 N–H and O–H groups in total. The van der Waals surface area contributed by atoms with Gasteiger partial charge in [-0.05, 0) is 24.3 Å². The van der Waals surface area contributed by atoms with E-state index >= 15 is 0 Å². The summed E-state index contributed by atoms with van der Waals surface area (Å²) in [6.45, 7) is 0.343. The zero-order chi connectivity index (χ0) is 13.1. The second-order valence-corrected chi connectivity index (χ2v) is 4.27. The van der Waals surface area contributed by atoms with E-state index in [4.69, 9.17) is 4.74 Å². The number of ether oxygens (including phenoxy) is 1. The molecule has 0 radical (unpaired) electrons. The number of para-hydroxylation sites is 3. The van der Waals surface area contributed by atoms with Crippen LogP contribution in [0.1, 0.15) is 0 Å². The molecule has 0 aliphatic carbocycles. The molecule has 1 aromatic heterocycles. The zero-order valence-electron chi connectivity index (χ0n) is 10.3. The molecular weight excluding hydrogens is 240 g/mol. The van der Waals surface area contributed by atoms with Crippen molar-refractivity contribution in [1.29, 1.82) is 0 Å². The molecule has 0 fully saturated rings. The van der Waals surface area contributed by atoms with Crippen LogP contribution in [0.4, 0.5) is 0 Å². The third kappa shape index (κ3) is 2.58. The van der Waals surface area contributed by atoms with Crippen LogP contribution >= 0.6 is 0 Å². The maximum absolute atomic E-state index is 9.96. The van der Waals surface area contributed by atoms with Crippen molar-refractivity contribution in [1.82, 2.24) is 9.55 Å². The van der Waals surface area contributed by atoms with E-state index in [-0.39, 0.29) is 0 Å². The van der Waals surface area contributed by atoms with Crippen molar-refractivity contribution in [3.05, 3.63) is 60.9 Å². The summed E-state index contributed by atoms with van der Waals surface area (Å²) in [4.78, 5) is 4.28. The predicted octanol–water partition coefficient (Wildman–Crippen LogP) is 2.43. The third-order valence-corrected chi connectivity index (χ3v) is 2.90.